The third kappa shape index (κ3) is 3.20. The first-order chi connectivity index (χ1) is 9.21. The molecule has 1 N–H and O–H groups in total. The second-order valence-electron chi connectivity index (χ2n) is 6.30. The van der Waals surface area contributed by atoms with Gasteiger partial charge in [0.05, 0.1) is 6.54 Å². The molecule has 7 nitrogen and oxygen atoms in total. The number of nitrogens with zero attached hydrogens (tertiary/aromatic N) is 2. The van der Waals surface area contributed by atoms with E-state index in [0.29, 0.717) is 19.5 Å². The molecule has 1 atom stereocenters. The van der Waals surface area contributed by atoms with Crippen LogP contribution in [0.15, 0.2) is 5.16 Å². The molecular weight excluding hydrogens is 264 g/mol. The number of ether oxygens (including phenoxy) is 1. The van der Waals surface area contributed by atoms with Crippen molar-refractivity contribution in [3.8, 4) is 0 Å². The van der Waals surface area contributed by atoms with Gasteiger partial charge in [0.2, 0.25) is 0 Å². The zero-order valence-electron chi connectivity index (χ0n) is 12.0. The first-order valence-electron chi connectivity index (χ1n) is 6.67. The molecule has 0 aromatic rings. The molecule has 0 bridgehead atoms. The standard InChI is InChI=1S/C13H20N2O5/c1-12(2,3)19-11(18)15-6-4-5-13(8-15)7-9(10(16)17)14-20-13/h4-8H2,1-3H3,(H,16,17)/t13-/m0/s1. The molecular formula is C13H20N2O5. The predicted octanol–water partition coefficient (Wildman–Crippen LogP) is 1.62. The van der Waals surface area contributed by atoms with E-state index in [1.165, 1.54) is 0 Å². The van der Waals surface area contributed by atoms with Gasteiger partial charge in [-0.05, 0) is 33.6 Å². The van der Waals surface area contributed by atoms with Gasteiger partial charge in [0.15, 0.2) is 11.3 Å². The van der Waals surface area contributed by atoms with Crippen LogP contribution in [0.2, 0.25) is 0 Å². The number of amides is 1. The van der Waals surface area contributed by atoms with Crippen molar-refractivity contribution in [2.24, 2.45) is 5.16 Å². The maximum atomic E-state index is 12.1. The summed E-state index contributed by atoms with van der Waals surface area (Å²) in [5.41, 5.74) is -1.25. The smallest absolute Gasteiger partial charge is 0.410 e. The molecule has 2 rings (SSSR count). The highest BCUT2D eigenvalue weighted by Gasteiger charge is 2.46. The van der Waals surface area contributed by atoms with Crippen molar-refractivity contribution in [3.05, 3.63) is 0 Å². The summed E-state index contributed by atoms with van der Waals surface area (Å²) in [4.78, 5) is 29.9. The summed E-state index contributed by atoms with van der Waals surface area (Å²) in [6.07, 6.45) is 1.25. The van der Waals surface area contributed by atoms with E-state index in [1.54, 1.807) is 4.90 Å². The molecule has 0 radical (unpaired) electrons. The molecule has 1 spiro atoms. The third-order valence-electron chi connectivity index (χ3n) is 3.28. The van der Waals surface area contributed by atoms with Crippen molar-refractivity contribution in [1.82, 2.24) is 4.90 Å². The number of carboxylic acid groups (broad SMARTS) is 1. The topological polar surface area (TPSA) is 88.4 Å². The van der Waals surface area contributed by atoms with E-state index in [1.807, 2.05) is 20.8 Å². The molecule has 20 heavy (non-hydrogen) atoms. The molecule has 1 amide bonds. The SMILES string of the molecule is CC(C)(C)OC(=O)N1CCC[C@]2(CC(C(=O)O)=NO2)C1. The largest absolute Gasteiger partial charge is 0.477 e. The Morgan fingerprint density at radius 2 is 2.15 bits per heavy atom. The van der Waals surface area contributed by atoms with Crippen LogP contribution in [-0.4, -0.2) is 52.1 Å². The lowest BCUT2D eigenvalue weighted by molar-refractivity contribution is -0.129. The molecule has 2 aliphatic heterocycles. The van der Waals surface area contributed by atoms with Crippen LogP contribution in [-0.2, 0) is 14.4 Å². The lowest BCUT2D eigenvalue weighted by atomic mass is 9.88. The number of rotatable bonds is 1. The zero-order chi connectivity index (χ0) is 15.0. The first-order valence-corrected chi connectivity index (χ1v) is 6.67. The minimum atomic E-state index is -1.07. The second-order valence-corrected chi connectivity index (χ2v) is 6.30. The molecule has 0 aromatic carbocycles. The van der Waals surface area contributed by atoms with Crippen molar-refractivity contribution in [2.75, 3.05) is 13.1 Å². The van der Waals surface area contributed by atoms with Crippen LogP contribution >= 0.6 is 0 Å². The third-order valence-corrected chi connectivity index (χ3v) is 3.28. The number of hydrogen-bond donors (Lipinski definition) is 1. The van der Waals surface area contributed by atoms with Crippen LogP contribution in [0.4, 0.5) is 4.79 Å². The van der Waals surface area contributed by atoms with Gasteiger partial charge in [-0.25, -0.2) is 9.59 Å². The van der Waals surface area contributed by atoms with Gasteiger partial charge in [0, 0.05) is 13.0 Å². The van der Waals surface area contributed by atoms with E-state index < -0.39 is 23.3 Å². The Bertz CT molecular complexity index is 454. The van der Waals surface area contributed by atoms with Crippen LogP contribution in [0.1, 0.15) is 40.0 Å². The van der Waals surface area contributed by atoms with Crippen molar-refractivity contribution < 1.29 is 24.3 Å². The molecule has 2 aliphatic rings. The molecule has 112 valence electrons. The normalized spacial score (nSPS) is 26.1. The fraction of sp³-hybridized carbons (Fsp3) is 0.769. The Balaban J connectivity index is 2.00. The van der Waals surface area contributed by atoms with Gasteiger partial charge < -0.3 is 19.6 Å². The van der Waals surface area contributed by atoms with Gasteiger partial charge in [-0.1, -0.05) is 5.16 Å². The minimum absolute atomic E-state index is 0.0102. The lowest BCUT2D eigenvalue weighted by Gasteiger charge is -2.38. The van der Waals surface area contributed by atoms with Gasteiger partial charge >= 0.3 is 12.1 Å². The van der Waals surface area contributed by atoms with Crippen molar-refractivity contribution in [3.63, 3.8) is 0 Å². The highest BCUT2D eigenvalue weighted by molar-refractivity contribution is 6.36. The quantitative estimate of drug-likeness (QED) is 0.790. The van der Waals surface area contributed by atoms with Gasteiger partial charge in [0.1, 0.15) is 5.60 Å². The molecule has 0 saturated carbocycles. The van der Waals surface area contributed by atoms with Crippen molar-refractivity contribution in [2.45, 2.75) is 51.2 Å². The van der Waals surface area contributed by atoms with Crippen molar-refractivity contribution in [1.29, 1.82) is 0 Å². The van der Waals surface area contributed by atoms with Crippen LogP contribution < -0.4 is 0 Å². The zero-order valence-corrected chi connectivity index (χ0v) is 12.0. The number of likely N-dealkylation sites (tertiary alicyclic amines) is 1. The average Bonchev–Trinajstić information content (AvgIpc) is 2.71. The summed E-state index contributed by atoms with van der Waals surface area (Å²) in [6.45, 7) is 6.32. The van der Waals surface area contributed by atoms with E-state index in [0.717, 1.165) is 6.42 Å². The fourth-order valence-electron chi connectivity index (χ4n) is 2.44. The van der Waals surface area contributed by atoms with Gasteiger partial charge in [-0.15, -0.1) is 0 Å². The average molecular weight is 284 g/mol. The summed E-state index contributed by atoms with van der Waals surface area (Å²) >= 11 is 0. The van der Waals surface area contributed by atoms with E-state index >= 15 is 0 Å². The highest BCUT2D eigenvalue weighted by Crippen LogP contribution is 2.33. The van der Waals surface area contributed by atoms with E-state index in [4.69, 9.17) is 14.7 Å². The number of piperidine rings is 1. The van der Waals surface area contributed by atoms with Gasteiger partial charge in [-0.2, -0.15) is 0 Å². The molecule has 7 heteroatoms. The fourth-order valence-corrected chi connectivity index (χ4v) is 2.44. The van der Waals surface area contributed by atoms with E-state index in [2.05, 4.69) is 5.16 Å². The Morgan fingerprint density at radius 1 is 1.45 bits per heavy atom. The number of aliphatic carboxylic acids is 1. The van der Waals surface area contributed by atoms with Crippen molar-refractivity contribution >= 4 is 17.8 Å². The van der Waals surface area contributed by atoms with Crippen LogP contribution in [0.25, 0.3) is 0 Å². The Hall–Kier alpha value is -1.79. The summed E-state index contributed by atoms with van der Waals surface area (Å²) in [7, 11) is 0. The van der Waals surface area contributed by atoms with Crippen LogP contribution in [0.5, 0.6) is 0 Å². The first kappa shape index (κ1) is 14.6. The predicted molar refractivity (Wildman–Crippen MR) is 70.5 cm³/mol. The number of carbonyl (C=O) groups is 2. The summed E-state index contributed by atoms with van der Waals surface area (Å²) in [5, 5.41) is 12.6. The van der Waals surface area contributed by atoms with Gasteiger partial charge in [0.25, 0.3) is 0 Å². The van der Waals surface area contributed by atoms with E-state index in [-0.39, 0.29) is 12.1 Å². The minimum Gasteiger partial charge on any atom is -0.477 e. The maximum absolute atomic E-state index is 12.1. The number of hydrogen-bond acceptors (Lipinski definition) is 5. The molecule has 0 aliphatic carbocycles. The summed E-state index contributed by atoms with van der Waals surface area (Å²) in [6, 6.07) is 0. The monoisotopic (exact) mass is 284 g/mol. The summed E-state index contributed by atoms with van der Waals surface area (Å²) < 4.78 is 5.33. The lowest BCUT2D eigenvalue weighted by Crippen LogP contribution is -2.51. The molecule has 1 fully saturated rings. The number of oxime groups is 1. The molecule has 0 aromatic heterocycles. The number of carboxylic acids is 1. The van der Waals surface area contributed by atoms with Crippen LogP contribution in [0.3, 0.4) is 0 Å². The number of carbonyl (C=O) groups excluding carboxylic acids is 1. The molecule has 1 saturated heterocycles. The second kappa shape index (κ2) is 4.96. The summed E-state index contributed by atoms with van der Waals surface area (Å²) in [5.74, 6) is -1.07. The van der Waals surface area contributed by atoms with Crippen LogP contribution in [0, 0.1) is 0 Å². The Kier molecular flexibility index (Phi) is 3.62. The highest BCUT2D eigenvalue weighted by atomic mass is 16.7. The molecule has 2 heterocycles. The maximum Gasteiger partial charge on any atom is 0.410 e. The van der Waals surface area contributed by atoms with Gasteiger partial charge in [-0.3, -0.25) is 0 Å². The van der Waals surface area contributed by atoms with E-state index in [9.17, 15) is 9.59 Å². The Morgan fingerprint density at radius 3 is 2.70 bits per heavy atom. The molecule has 0 unspecified atom stereocenters. The Labute approximate surface area is 117 Å².